The van der Waals surface area contributed by atoms with E-state index in [-0.39, 0.29) is 12.2 Å². The number of hydrogen-bond donors (Lipinski definition) is 1. The zero-order valence-corrected chi connectivity index (χ0v) is 14.7. The Morgan fingerprint density at radius 3 is 2.48 bits per heavy atom. The van der Waals surface area contributed by atoms with E-state index >= 15 is 0 Å². The van der Waals surface area contributed by atoms with Gasteiger partial charge in [-0.25, -0.2) is 9.59 Å². The van der Waals surface area contributed by atoms with Crippen LogP contribution >= 0.6 is 0 Å². The predicted molar refractivity (Wildman–Crippen MR) is 95.1 cm³/mol. The summed E-state index contributed by atoms with van der Waals surface area (Å²) in [6.07, 6.45) is 0.293. The number of carbonyl (C=O) groups is 1. The van der Waals surface area contributed by atoms with Crippen molar-refractivity contribution >= 4 is 5.97 Å². The molecule has 0 saturated heterocycles. The van der Waals surface area contributed by atoms with Crippen LogP contribution in [0.15, 0.2) is 39.9 Å². The van der Waals surface area contributed by atoms with Crippen molar-refractivity contribution in [2.75, 3.05) is 27.2 Å². The molecule has 2 rings (SSSR count). The van der Waals surface area contributed by atoms with E-state index in [1.165, 1.54) is 4.57 Å². The Morgan fingerprint density at radius 1 is 1.20 bits per heavy atom. The van der Waals surface area contributed by atoms with Crippen LogP contribution in [-0.2, 0) is 17.7 Å². The van der Waals surface area contributed by atoms with Gasteiger partial charge in [-0.3, -0.25) is 14.3 Å². The molecule has 0 aliphatic rings. The Labute approximate surface area is 145 Å². The van der Waals surface area contributed by atoms with Gasteiger partial charge in [0.25, 0.3) is 5.56 Å². The standard InChI is InChI=1S/C18H23N3O4/c1-4-25-17(23)15-14(12-13-8-6-5-7-9-13)21(11-10-20(2)3)18(24)19-16(15)22/h5-9H,4,10-12H2,1-3H3,(H,19,22,24). The lowest BCUT2D eigenvalue weighted by Crippen LogP contribution is -2.39. The first-order chi connectivity index (χ1) is 11.9. The second kappa shape index (κ2) is 8.43. The quantitative estimate of drug-likeness (QED) is 0.753. The first-order valence-electron chi connectivity index (χ1n) is 8.15. The van der Waals surface area contributed by atoms with Crippen molar-refractivity contribution in [3.8, 4) is 0 Å². The van der Waals surface area contributed by atoms with Crippen LogP contribution in [0.4, 0.5) is 0 Å². The summed E-state index contributed by atoms with van der Waals surface area (Å²) in [7, 11) is 3.78. The van der Waals surface area contributed by atoms with Gasteiger partial charge in [0.15, 0.2) is 0 Å². The molecule has 0 aliphatic carbocycles. The summed E-state index contributed by atoms with van der Waals surface area (Å²) in [6.45, 7) is 2.78. The fraction of sp³-hybridized carbons (Fsp3) is 0.389. The smallest absolute Gasteiger partial charge is 0.345 e. The molecule has 0 bridgehead atoms. The van der Waals surface area contributed by atoms with E-state index in [0.29, 0.717) is 25.2 Å². The third kappa shape index (κ3) is 4.67. The molecule has 0 unspecified atom stereocenters. The Bertz CT molecular complexity index is 838. The first kappa shape index (κ1) is 18.7. The zero-order chi connectivity index (χ0) is 18.4. The number of esters is 1. The number of aromatic amines is 1. The van der Waals surface area contributed by atoms with Crippen molar-refractivity contribution in [2.45, 2.75) is 19.9 Å². The van der Waals surface area contributed by atoms with E-state index in [9.17, 15) is 14.4 Å². The van der Waals surface area contributed by atoms with Gasteiger partial charge in [0.1, 0.15) is 5.56 Å². The number of H-pyrrole nitrogens is 1. The van der Waals surface area contributed by atoms with Crippen molar-refractivity contribution < 1.29 is 9.53 Å². The molecule has 1 heterocycles. The second-order valence-electron chi connectivity index (χ2n) is 5.92. The number of carbonyl (C=O) groups excluding carboxylic acids is 1. The summed E-state index contributed by atoms with van der Waals surface area (Å²) < 4.78 is 6.47. The highest BCUT2D eigenvalue weighted by molar-refractivity contribution is 5.90. The summed E-state index contributed by atoms with van der Waals surface area (Å²) in [5.74, 6) is -0.715. The monoisotopic (exact) mass is 345 g/mol. The van der Waals surface area contributed by atoms with Gasteiger partial charge < -0.3 is 9.64 Å². The molecule has 0 radical (unpaired) electrons. The van der Waals surface area contributed by atoms with E-state index < -0.39 is 17.2 Å². The molecule has 2 aromatic rings. The van der Waals surface area contributed by atoms with E-state index in [2.05, 4.69) is 4.98 Å². The summed E-state index contributed by atoms with van der Waals surface area (Å²) in [5.41, 5.74) is -0.0673. The molecule has 0 amide bonds. The maximum absolute atomic E-state index is 12.3. The van der Waals surface area contributed by atoms with Gasteiger partial charge in [-0.2, -0.15) is 0 Å². The Balaban J connectivity index is 2.60. The van der Waals surface area contributed by atoms with Gasteiger partial charge in [0.05, 0.1) is 6.61 Å². The van der Waals surface area contributed by atoms with E-state index in [1.807, 2.05) is 49.3 Å². The molecule has 0 saturated carbocycles. The number of benzene rings is 1. The maximum atomic E-state index is 12.3. The highest BCUT2D eigenvalue weighted by Crippen LogP contribution is 2.12. The largest absolute Gasteiger partial charge is 0.462 e. The Hall–Kier alpha value is -2.67. The summed E-state index contributed by atoms with van der Waals surface area (Å²) in [6, 6.07) is 9.39. The molecule has 0 atom stereocenters. The Morgan fingerprint density at radius 2 is 1.88 bits per heavy atom. The second-order valence-corrected chi connectivity index (χ2v) is 5.92. The maximum Gasteiger partial charge on any atom is 0.345 e. The first-order valence-corrected chi connectivity index (χ1v) is 8.15. The van der Waals surface area contributed by atoms with Crippen LogP contribution in [0.3, 0.4) is 0 Å². The number of rotatable bonds is 7. The highest BCUT2D eigenvalue weighted by atomic mass is 16.5. The van der Waals surface area contributed by atoms with Crippen LogP contribution in [0.1, 0.15) is 28.5 Å². The highest BCUT2D eigenvalue weighted by Gasteiger charge is 2.22. The SMILES string of the molecule is CCOC(=O)c1c(Cc2ccccc2)n(CCN(C)C)c(=O)[nH]c1=O. The van der Waals surface area contributed by atoms with E-state index in [0.717, 1.165) is 5.56 Å². The van der Waals surface area contributed by atoms with Gasteiger partial charge in [0.2, 0.25) is 0 Å². The average molecular weight is 345 g/mol. The van der Waals surface area contributed by atoms with Gasteiger partial charge in [-0.15, -0.1) is 0 Å². The fourth-order valence-electron chi connectivity index (χ4n) is 2.54. The minimum Gasteiger partial charge on any atom is -0.462 e. The molecule has 7 heteroatoms. The zero-order valence-electron chi connectivity index (χ0n) is 14.7. The number of hydrogen-bond acceptors (Lipinski definition) is 5. The Kier molecular flexibility index (Phi) is 6.30. The molecular formula is C18H23N3O4. The summed E-state index contributed by atoms with van der Waals surface area (Å²) in [5, 5.41) is 0. The van der Waals surface area contributed by atoms with Crippen LogP contribution in [0.25, 0.3) is 0 Å². The minimum absolute atomic E-state index is 0.107. The third-order valence-corrected chi connectivity index (χ3v) is 3.77. The fourth-order valence-corrected chi connectivity index (χ4v) is 2.54. The number of likely N-dealkylation sites (N-methyl/N-ethyl adjacent to an activating group) is 1. The number of nitrogens with zero attached hydrogens (tertiary/aromatic N) is 2. The van der Waals surface area contributed by atoms with Gasteiger partial charge in [-0.1, -0.05) is 30.3 Å². The van der Waals surface area contributed by atoms with Crippen LogP contribution in [0.5, 0.6) is 0 Å². The minimum atomic E-state index is -0.715. The van der Waals surface area contributed by atoms with Crippen LogP contribution < -0.4 is 11.2 Å². The number of ether oxygens (including phenoxy) is 1. The summed E-state index contributed by atoms with van der Waals surface area (Å²) in [4.78, 5) is 41.1. The molecule has 1 aromatic carbocycles. The predicted octanol–water partition coefficient (Wildman–Crippen LogP) is 0.866. The van der Waals surface area contributed by atoms with Crippen molar-refractivity contribution in [1.29, 1.82) is 0 Å². The van der Waals surface area contributed by atoms with Gasteiger partial charge in [-0.05, 0) is 26.6 Å². The van der Waals surface area contributed by atoms with Crippen LogP contribution in [0.2, 0.25) is 0 Å². The van der Waals surface area contributed by atoms with Gasteiger partial charge >= 0.3 is 11.7 Å². The molecule has 1 aromatic heterocycles. The van der Waals surface area contributed by atoms with Crippen LogP contribution in [0, 0.1) is 0 Å². The molecule has 0 fully saturated rings. The molecule has 25 heavy (non-hydrogen) atoms. The molecule has 0 spiro atoms. The molecule has 134 valence electrons. The summed E-state index contributed by atoms with van der Waals surface area (Å²) >= 11 is 0. The van der Waals surface area contributed by atoms with Crippen molar-refractivity contribution in [2.24, 2.45) is 0 Å². The lowest BCUT2D eigenvalue weighted by Gasteiger charge is -2.17. The van der Waals surface area contributed by atoms with E-state index in [4.69, 9.17) is 4.74 Å². The molecular weight excluding hydrogens is 322 g/mol. The third-order valence-electron chi connectivity index (χ3n) is 3.77. The van der Waals surface area contributed by atoms with Crippen LogP contribution in [-0.4, -0.2) is 47.7 Å². The number of nitrogens with one attached hydrogen (secondary N) is 1. The lowest BCUT2D eigenvalue weighted by molar-refractivity contribution is 0.0521. The van der Waals surface area contributed by atoms with Gasteiger partial charge in [0, 0.05) is 25.2 Å². The molecule has 1 N–H and O–H groups in total. The number of aromatic nitrogens is 2. The lowest BCUT2D eigenvalue weighted by atomic mass is 10.1. The van der Waals surface area contributed by atoms with Crippen molar-refractivity contribution in [3.05, 3.63) is 68.0 Å². The molecule has 0 aliphatic heterocycles. The van der Waals surface area contributed by atoms with E-state index in [1.54, 1.807) is 6.92 Å². The van der Waals surface area contributed by atoms with Crippen molar-refractivity contribution in [1.82, 2.24) is 14.5 Å². The topological polar surface area (TPSA) is 84.4 Å². The normalized spacial score (nSPS) is 10.9. The average Bonchev–Trinajstić information content (AvgIpc) is 2.55. The molecule has 7 nitrogen and oxygen atoms in total. The van der Waals surface area contributed by atoms with Crippen molar-refractivity contribution in [3.63, 3.8) is 0 Å².